The van der Waals surface area contributed by atoms with Gasteiger partial charge in [0, 0.05) is 6.42 Å². The summed E-state index contributed by atoms with van der Waals surface area (Å²) >= 11 is 0. The first kappa shape index (κ1) is 20.1. The molecule has 1 rings (SSSR count). The summed E-state index contributed by atoms with van der Waals surface area (Å²) in [6.45, 7) is 1.94. The maximum Gasteiger partial charge on any atom is 0.303 e. The van der Waals surface area contributed by atoms with E-state index < -0.39 is 5.97 Å². The molecule has 0 aromatic rings. The quantitative estimate of drug-likeness (QED) is 0.419. The summed E-state index contributed by atoms with van der Waals surface area (Å²) in [5, 5.41) is 17.9. The van der Waals surface area contributed by atoms with Gasteiger partial charge in [0.2, 0.25) is 0 Å². The topological polar surface area (TPSA) is 70.1 Å². The van der Waals surface area contributed by atoms with E-state index in [0.717, 1.165) is 19.3 Å². The highest BCUT2D eigenvalue weighted by Crippen LogP contribution is 2.28. The Kier molecular flexibility index (Phi) is 10.5. The molecule has 1 unspecified atom stereocenters. The molecule has 0 spiro atoms. The fourth-order valence-corrected chi connectivity index (χ4v) is 2.04. The molecule has 2 N–H and O–H groups in total. The van der Waals surface area contributed by atoms with Gasteiger partial charge in [0.1, 0.15) is 6.10 Å². The Hall–Kier alpha value is -1.91. The van der Waals surface area contributed by atoms with Crippen molar-refractivity contribution in [2.75, 3.05) is 0 Å². The Bertz CT molecular complexity index is 500. The molecule has 132 valence electrons. The van der Waals surface area contributed by atoms with Crippen molar-refractivity contribution >= 4 is 5.97 Å². The molecule has 1 aliphatic heterocycles. The van der Waals surface area contributed by atoms with Crippen molar-refractivity contribution in [1.82, 2.24) is 0 Å². The molecule has 24 heavy (non-hydrogen) atoms. The van der Waals surface area contributed by atoms with Gasteiger partial charge < -0.3 is 14.9 Å². The van der Waals surface area contributed by atoms with Gasteiger partial charge in [-0.15, -0.1) is 0 Å². The molecule has 0 amide bonds. The number of aliphatic hydroxyl groups is 1. The highest BCUT2D eigenvalue weighted by atomic mass is 16.6. The summed E-state index contributed by atoms with van der Waals surface area (Å²) in [5.41, 5.74) is 0. The smallest absolute Gasteiger partial charge is 0.303 e. The first-order chi connectivity index (χ1) is 11.6. The normalized spacial score (nSPS) is 22.6. The molecule has 1 saturated heterocycles. The Labute approximate surface area is 144 Å². The van der Waals surface area contributed by atoms with Crippen LogP contribution in [-0.2, 0) is 9.53 Å². The largest absolute Gasteiger partial charge is 0.481 e. The predicted octanol–water partition coefficient (Wildman–Crippen LogP) is 3.95. The number of hydrogen-bond acceptors (Lipinski definition) is 3. The van der Waals surface area contributed by atoms with Crippen molar-refractivity contribution in [1.29, 1.82) is 0 Å². The van der Waals surface area contributed by atoms with Gasteiger partial charge in [-0.3, -0.25) is 4.79 Å². The summed E-state index contributed by atoms with van der Waals surface area (Å²) < 4.78 is 5.44. The van der Waals surface area contributed by atoms with E-state index in [1.165, 1.54) is 0 Å². The van der Waals surface area contributed by atoms with Crippen LogP contribution in [0, 0.1) is 0 Å². The van der Waals surface area contributed by atoms with E-state index in [2.05, 4.69) is 0 Å². The standard InChI is InChI=1S/C20H28O4/c1-2-17(21)13-10-8-6-4-3-5-7-9-11-14-18-19(24-18)15-12-16-20(22)23/h3,5-11,13-14,17-19,21H,2,4,12,15-16H2,1H3,(H,22,23)/t17?,18-,19-/m0/s1. The summed E-state index contributed by atoms with van der Waals surface area (Å²) in [6.07, 6.45) is 22.7. The Morgan fingerprint density at radius 1 is 1.12 bits per heavy atom. The number of aliphatic hydroxyl groups excluding tert-OH is 1. The Morgan fingerprint density at radius 3 is 2.54 bits per heavy atom. The van der Waals surface area contributed by atoms with Crippen molar-refractivity contribution in [2.45, 2.75) is 57.3 Å². The van der Waals surface area contributed by atoms with Crippen molar-refractivity contribution in [3.63, 3.8) is 0 Å². The van der Waals surface area contributed by atoms with E-state index in [1.54, 1.807) is 6.08 Å². The van der Waals surface area contributed by atoms with Crippen LogP contribution in [0.3, 0.4) is 0 Å². The molecule has 4 nitrogen and oxygen atoms in total. The molecule has 0 radical (unpaired) electrons. The molecule has 0 aromatic carbocycles. The van der Waals surface area contributed by atoms with Crippen LogP contribution in [0.5, 0.6) is 0 Å². The third-order valence-electron chi connectivity index (χ3n) is 3.54. The van der Waals surface area contributed by atoms with E-state index in [4.69, 9.17) is 9.84 Å². The summed E-state index contributed by atoms with van der Waals surface area (Å²) in [4.78, 5) is 10.4. The molecule has 1 heterocycles. The number of carbonyl (C=O) groups is 1. The lowest BCUT2D eigenvalue weighted by molar-refractivity contribution is -0.137. The molecule has 0 bridgehead atoms. The molecule has 0 saturated carbocycles. The average molecular weight is 332 g/mol. The summed E-state index contributed by atoms with van der Waals surface area (Å²) in [5.74, 6) is -0.748. The summed E-state index contributed by atoms with van der Waals surface area (Å²) in [7, 11) is 0. The second-order valence-electron chi connectivity index (χ2n) is 5.65. The van der Waals surface area contributed by atoms with Crippen molar-refractivity contribution in [3.8, 4) is 0 Å². The van der Waals surface area contributed by atoms with Gasteiger partial charge >= 0.3 is 5.97 Å². The molecule has 1 fully saturated rings. The van der Waals surface area contributed by atoms with Gasteiger partial charge in [-0.2, -0.15) is 0 Å². The van der Waals surface area contributed by atoms with Gasteiger partial charge in [-0.1, -0.05) is 67.7 Å². The minimum Gasteiger partial charge on any atom is -0.481 e. The number of hydrogen-bond donors (Lipinski definition) is 2. The molecule has 0 aliphatic carbocycles. The molecule has 4 heteroatoms. The SMILES string of the molecule is CCC(O)C=CC=CCC=CC=CC=C[C@@H]1O[C@H]1CCCC(=O)O. The molecular weight excluding hydrogens is 304 g/mol. The molecule has 1 aliphatic rings. The first-order valence-corrected chi connectivity index (χ1v) is 8.52. The molecule has 3 atom stereocenters. The lowest BCUT2D eigenvalue weighted by Crippen LogP contribution is -1.97. The van der Waals surface area contributed by atoms with E-state index in [-0.39, 0.29) is 24.7 Å². The zero-order valence-corrected chi connectivity index (χ0v) is 14.3. The zero-order valence-electron chi connectivity index (χ0n) is 14.3. The van der Waals surface area contributed by atoms with Crippen molar-refractivity contribution in [3.05, 3.63) is 60.8 Å². The minimum absolute atomic E-state index is 0.139. The Balaban J connectivity index is 2.06. The summed E-state index contributed by atoms with van der Waals surface area (Å²) in [6, 6.07) is 0. The number of ether oxygens (including phenoxy) is 1. The van der Waals surface area contributed by atoms with Gasteiger partial charge in [0.15, 0.2) is 0 Å². The fourth-order valence-electron chi connectivity index (χ4n) is 2.04. The zero-order chi connectivity index (χ0) is 17.6. The maximum atomic E-state index is 10.4. The van der Waals surface area contributed by atoms with Crippen LogP contribution in [-0.4, -0.2) is 34.5 Å². The van der Waals surface area contributed by atoms with E-state index in [1.807, 2.05) is 61.6 Å². The van der Waals surface area contributed by atoms with Crippen molar-refractivity contribution in [2.24, 2.45) is 0 Å². The number of epoxide rings is 1. The Morgan fingerprint density at radius 2 is 1.83 bits per heavy atom. The predicted molar refractivity (Wildman–Crippen MR) is 96.8 cm³/mol. The number of aliphatic carboxylic acids is 1. The molecular formula is C20H28O4. The third kappa shape index (κ3) is 10.8. The third-order valence-corrected chi connectivity index (χ3v) is 3.54. The average Bonchev–Trinajstić information content (AvgIpc) is 3.30. The number of carboxylic acids is 1. The van der Waals surface area contributed by atoms with E-state index in [0.29, 0.717) is 6.42 Å². The maximum absolute atomic E-state index is 10.4. The lowest BCUT2D eigenvalue weighted by Gasteiger charge is -1.95. The van der Waals surface area contributed by atoms with Gasteiger partial charge in [-0.25, -0.2) is 0 Å². The van der Waals surface area contributed by atoms with Crippen LogP contribution in [0.4, 0.5) is 0 Å². The van der Waals surface area contributed by atoms with E-state index in [9.17, 15) is 9.90 Å². The highest BCUT2D eigenvalue weighted by Gasteiger charge is 2.35. The second-order valence-corrected chi connectivity index (χ2v) is 5.65. The van der Waals surface area contributed by atoms with Crippen LogP contribution in [0.1, 0.15) is 39.0 Å². The second kappa shape index (κ2) is 12.5. The monoisotopic (exact) mass is 332 g/mol. The van der Waals surface area contributed by atoms with Crippen LogP contribution in [0.15, 0.2) is 60.8 Å². The van der Waals surface area contributed by atoms with Crippen LogP contribution < -0.4 is 0 Å². The molecule has 0 aromatic heterocycles. The highest BCUT2D eigenvalue weighted by molar-refractivity contribution is 5.66. The van der Waals surface area contributed by atoms with Gasteiger partial charge in [0.05, 0.1) is 12.2 Å². The number of rotatable bonds is 12. The van der Waals surface area contributed by atoms with Gasteiger partial charge in [-0.05, 0) is 25.7 Å². The first-order valence-electron chi connectivity index (χ1n) is 8.52. The van der Waals surface area contributed by atoms with Crippen molar-refractivity contribution < 1.29 is 19.7 Å². The fraction of sp³-hybridized carbons (Fsp3) is 0.450. The van der Waals surface area contributed by atoms with Crippen LogP contribution >= 0.6 is 0 Å². The number of carboxylic acid groups (broad SMARTS) is 1. The van der Waals surface area contributed by atoms with Gasteiger partial charge in [0.25, 0.3) is 0 Å². The van der Waals surface area contributed by atoms with Crippen LogP contribution in [0.2, 0.25) is 0 Å². The van der Waals surface area contributed by atoms with Crippen LogP contribution in [0.25, 0.3) is 0 Å². The number of allylic oxidation sites excluding steroid dienone is 8. The minimum atomic E-state index is -0.748. The van der Waals surface area contributed by atoms with E-state index >= 15 is 0 Å². The lowest BCUT2D eigenvalue weighted by atomic mass is 10.1.